The van der Waals surface area contributed by atoms with Gasteiger partial charge in [0.1, 0.15) is 0 Å². The quantitative estimate of drug-likeness (QED) is 0.609. The van der Waals surface area contributed by atoms with Crippen LogP contribution in [0.5, 0.6) is 0 Å². The summed E-state index contributed by atoms with van der Waals surface area (Å²) in [5.74, 6) is -0.473. The SMILES string of the molecule is CCNC(=O)C1CCCN(CC(=O)Nc2ccccc2C(=O)NCc2ccccc2)C1. The number of para-hydroxylation sites is 1. The van der Waals surface area contributed by atoms with Gasteiger partial charge in [0.25, 0.3) is 5.91 Å². The van der Waals surface area contributed by atoms with Crippen molar-refractivity contribution in [1.29, 1.82) is 0 Å². The number of benzene rings is 2. The molecule has 0 bridgehead atoms. The maximum absolute atomic E-state index is 12.7. The Kier molecular flexibility index (Phi) is 8.18. The first kappa shape index (κ1) is 22.5. The van der Waals surface area contributed by atoms with E-state index in [0.29, 0.717) is 30.9 Å². The molecule has 1 saturated heterocycles. The topological polar surface area (TPSA) is 90.5 Å². The second kappa shape index (κ2) is 11.3. The zero-order valence-electron chi connectivity index (χ0n) is 17.9. The Hall–Kier alpha value is -3.19. The number of rotatable bonds is 8. The molecule has 1 aliphatic heterocycles. The van der Waals surface area contributed by atoms with Crippen LogP contribution < -0.4 is 16.0 Å². The monoisotopic (exact) mass is 422 g/mol. The fraction of sp³-hybridized carbons (Fsp3) is 0.375. The van der Waals surface area contributed by atoms with Gasteiger partial charge in [-0.1, -0.05) is 42.5 Å². The predicted octanol–water partition coefficient (Wildman–Crippen LogP) is 2.40. The molecule has 3 amide bonds. The summed E-state index contributed by atoms with van der Waals surface area (Å²) in [5, 5.41) is 8.62. The summed E-state index contributed by atoms with van der Waals surface area (Å²) >= 11 is 0. The molecule has 3 rings (SSSR count). The molecule has 0 aromatic heterocycles. The van der Waals surface area contributed by atoms with Crippen molar-refractivity contribution in [2.75, 3.05) is 31.5 Å². The van der Waals surface area contributed by atoms with E-state index in [1.807, 2.05) is 42.2 Å². The second-order valence-corrected chi connectivity index (χ2v) is 7.73. The number of likely N-dealkylation sites (tertiary alicyclic amines) is 1. The van der Waals surface area contributed by atoms with Crippen LogP contribution in [0.4, 0.5) is 5.69 Å². The van der Waals surface area contributed by atoms with Crippen LogP contribution in [0.25, 0.3) is 0 Å². The van der Waals surface area contributed by atoms with Gasteiger partial charge in [-0.25, -0.2) is 0 Å². The lowest BCUT2D eigenvalue weighted by molar-refractivity contribution is -0.127. The highest BCUT2D eigenvalue weighted by atomic mass is 16.2. The summed E-state index contributed by atoms with van der Waals surface area (Å²) in [7, 11) is 0. The van der Waals surface area contributed by atoms with E-state index in [4.69, 9.17) is 0 Å². The number of nitrogens with zero attached hydrogens (tertiary/aromatic N) is 1. The first-order valence-electron chi connectivity index (χ1n) is 10.8. The van der Waals surface area contributed by atoms with Crippen molar-refractivity contribution in [3.8, 4) is 0 Å². The Morgan fingerprint density at radius 3 is 2.52 bits per heavy atom. The van der Waals surface area contributed by atoms with Crippen LogP contribution in [-0.4, -0.2) is 48.8 Å². The first-order valence-corrected chi connectivity index (χ1v) is 10.8. The Bertz CT molecular complexity index is 901. The summed E-state index contributed by atoms with van der Waals surface area (Å²) in [6.45, 7) is 4.46. The lowest BCUT2D eigenvalue weighted by atomic mass is 9.97. The van der Waals surface area contributed by atoms with Crippen molar-refractivity contribution in [1.82, 2.24) is 15.5 Å². The third-order valence-corrected chi connectivity index (χ3v) is 5.34. The molecule has 3 N–H and O–H groups in total. The van der Waals surface area contributed by atoms with Crippen molar-refractivity contribution in [2.45, 2.75) is 26.3 Å². The number of carbonyl (C=O) groups excluding carboxylic acids is 3. The fourth-order valence-electron chi connectivity index (χ4n) is 3.79. The molecule has 0 radical (unpaired) electrons. The molecule has 7 nitrogen and oxygen atoms in total. The largest absolute Gasteiger partial charge is 0.356 e. The van der Waals surface area contributed by atoms with E-state index in [1.165, 1.54) is 0 Å². The maximum Gasteiger partial charge on any atom is 0.253 e. The smallest absolute Gasteiger partial charge is 0.253 e. The summed E-state index contributed by atoms with van der Waals surface area (Å²) in [6.07, 6.45) is 1.72. The molecule has 0 saturated carbocycles. The molecule has 2 aromatic carbocycles. The fourth-order valence-corrected chi connectivity index (χ4v) is 3.79. The lowest BCUT2D eigenvalue weighted by Crippen LogP contribution is -2.45. The summed E-state index contributed by atoms with van der Waals surface area (Å²) < 4.78 is 0. The van der Waals surface area contributed by atoms with Crippen molar-refractivity contribution in [2.24, 2.45) is 5.92 Å². The summed E-state index contributed by atoms with van der Waals surface area (Å²) in [4.78, 5) is 39.4. The molecule has 1 aliphatic rings. The minimum absolute atomic E-state index is 0.0491. The minimum Gasteiger partial charge on any atom is -0.356 e. The molecule has 0 aliphatic carbocycles. The van der Waals surface area contributed by atoms with Gasteiger partial charge >= 0.3 is 0 Å². The Morgan fingerprint density at radius 2 is 1.74 bits per heavy atom. The molecule has 1 fully saturated rings. The van der Waals surface area contributed by atoms with Gasteiger partial charge in [-0.05, 0) is 44.0 Å². The van der Waals surface area contributed by atoms with Crippen LogP contribution in [0.3, 0.4) is 0 Å². The minimum atomic E-state index is -0.242. The van der Waals surface area contributed by atoms with E-state index < -0.39 is 0 Å². The van der Waals surface area contributed by atoms with E-state index in [2.05, 4.69) is 16.0 Å². The van der Waals surface area contributed by atoms with Crippen LogP contribution in [-0.2, 0) is 16.1 Å². The van der Waals surface area contributed by atoms with Gasteiger partial charge in [-0.2, -0.15) is 0 Å². The van der Waals surface area contributed by atoms with Gasteiger partial charge < -0.3 is 16.0 Å². The van der Waals surface area contributed by atoms with Crippen LogP contribution in [0.2, 0.25) is 0 Å². The van der Waals surface area contributed by atoms with E-state index in [-0.39, 0.29) is 30.2 Å². The molecule has 1 atom stereocenters. The van der Waals surface area contributed by atoms with Gasteiger partial charge in [0, 0.05) is 19.6 Å². The lowest BCUT2D eigenvalue weighted by Gasteiger charge is -2.31. The van der Waals surface area contributed by atoms with Gasteiger partial charge in [0.2, 0.25) is 11.8 Å². The van der Waals surface area contributed by atoms with Crippen LogP contribution in [0.1, 0.15) is 35.7 Å². The van der Waals surface area contributed by atoms with E-state index in [9.17, 15) is 14.4 Å². The van der Waals surface area contributed by atoms with E-state index >= 15 is 0 Å². The number of hydrogen-bond acceptors (Lipinski definition) is 4. The zero-order chi connectivity index (χ0) is 22.1. The Morgan fingerprint density at radius 1 is 1.00 bits per heavy atom. The van der Waals surface area contributed by atoms with Crippen LogP contribution >= 0.6 is 0 Å². The zero-order valence-corrected chi connectivity index (χ0v) is 17.9. The Labute approximate surface area is 183 Å². The van der Waals surface area contributed by atoms with Gasteiger partial charge in [-0.15, -0.1) is 0 Å². The molecule has 164 valence electrons. The number of anilines is 1. The summed E-state index contributed by atoms with van der Waals surface area (Å²) in [5.41, 5.74) is 1.91. The van der Waals surface area contributed by atoms with Gasteiger partial charge in [-0.3, -0.25) is 19.3 Å². The standard InChI is InChI=1S/C24H30N4O3/c1-2-25-23(30)19-11-8-14-28(16-19)17-22(29)27-21-13-7-6-12-20(21)24(31)26-15-18-9-4-3-5-10-18/h3-7,9-10,12-13,19H,2,8,11,14-17H2,1H3,(H,25,30)(H,26,31)(H,27,29). The highest BCUT2D eigenvalue weighted by molar-refractivity contribution is 6.04. The van der Waals surface area contributed by atoms with Gasteiger partial charge in [0.15, 0.2) is 0 Å². The molecule has 7 heteroatoms. The van der Waals surface area contributed by atoms with Crippen LogP contribution in [0, 0.1) is 5.92 Å². The maximum atomic E-state index is 12.7. The predicted molar refractivity (Wildman–Crippen MR) is 121 cm³/mol. The highest BCUT2D eigenvalue weighted by Crippen LogP contribution is 2.18. The molecule has 1 unspecified atom stereocenters. The van der Waals surface area contributed by atoms with Crippen molar-refractivity contribution >= 4 is 23.4 Å². The number of nitrogens with one attached hydrogen (secondary N) is 3. The van der Waals surface area contributed by atoms with E-state index in [0.717, 1.165) is 24.9 Å². The molecular weight excluding hydrogens is 392 g/mol. The highest BCUT2D eigenvalue weighted by Gasteiger charge is 2.26. The van der Waals surface area contributed by atoms with Crippen molar-refractivity contribution < 1.29 is 14.4 Å². The summed E-state index contributed by atoms with van der Waals surface area (Å²) in [6, 6.07) is 16.6. The second-order valence-electron chi connectivity index (χ2n) is 7.73. The third-order valence-electron chi connectivity index (χ3n) is 5.34. The molecule has 2 aromatic rings. The van der Waals surface area contributed by atoms with Crippen molar-refractivity contribution in [3.63, 3.8) is 0 Å². The van der Waals surface area contributed by atoms with Crippen LogP contribution in [0.15, 0.2) is 54.6 Å². The Balaban J connectivity index is 1.56. The molecular formula is C24H30N4O3. The number of piperidine rings is 1. The average Bonchev–Trinajstić information content (AvgIpc) is 2.79. The molecule has 1 heterocycles. The van der Waals surface area contributed by atoms with Crippen molar-refractivity contribution in [3.05, 3.63) is 65.7 Å². The first-order chi connectivity index (χ1) is 15.1. The normalized spacial score (nSPS) is 16.4. The molecule has 0 spiro atoms. The third kappa shape index (κ3) is 6.65. The number of carbonyl (C=O) groups is 3. The number of amides is 3. The molecule has 31 heavy (non-hydrogen) atoms. The van der Waals surface area contributed by atoms with Gasteiger partial charge in [0.05, 0.1) is 23.7 Å². The van der Waals surface area contributed by atoms with E-state index in [1.54, 1.807) is 24.3 Å². The average molecular weight is 423 g/mol. The number of hydrogen-bond donors (Lipinski definition) is 3.